The average Bonchev–Trinajstić information content (AvgIpc) is 3.32. The van der Waals surface area contributed by atoms with Gasteiger partial charge in [-0.1, -0.05) is 18.2 Å². The Morgan fingerprint density at radius 3 is 2.64 bits per heavy atom. The molecule has 1 heterocycles. The number of ketones is 1. The lowest BCUT2D eigenvalue weighted by Gasteiger charge is -2.26. The Bertz CT molecular complexity index is 783. The summed E-state index contributed by atoms with van der Waals surface area (Å²) in [6, 6.07) is 6.35. The Kier molecular flexibility index (Phi) is 4.09. The van der Waals surface area contributed by atoms with E-state index in [0.717, 1.165) is 6.08 Å². The molecule has 0 radical (unpaired) electrons. The van der Waals surface area contributed by atoms with Gasteiger partial charge in [0.1, 0.15) is 23.9 Å². The highest BCUT2D eigenvalue weighted by atomic mass is 16.7. The summed E-state index contributed by atoms with van der Waals surface area (Å²) in [6.07, 6.45) is -2.67. The molecule has 0 saturated carbocycles. The first-order valence-electron chi connectivity index (χ1n) is 7.62. The van der Waals surface area contributed by atoms with Crippen LogP contribution >= 0.6 is 0 Å². The lowest BCUT2D eigenvalue weighted by Crippen LogP contribution is -2.38. The van der Waals surface area contributed by atoms with Crippen LogP contribution in [0.2, 0.25) is 0 Å². The SMILES string of the molecule is CC(C)(OC(=O)O)c1ccccc1C(=O)NC1=CC(=O)C2OC2C1O. The minimum absolute atomic E-state index is 0.0560. The summed E-state index contributed by atoms with van der Waals surface area (Å²) in [5.41, 5.74) is -0.679. The third-order valence-electron chi connectivity index (χ3n) is 4.15. The number of rotatable bonds is 4. The van der Waals surface area contributed by atoms with Crippen LogP contribution < -0.4 is 5.32 Å². The zero-order chi connectivity index (χ0) is 18.4. The number of fused-ring (bicyclic) bond motifs is 1. The summed E-state index contributed by atoms with van der Waals surface area (Å²) in [7, 11) is 0. The van der Waals surface area contributed by atoms with Crippen molar-refractivity contribution in [2.24, 2.45) is 0 Å². The van der Waals surface area contributed by atoms with Gasteiger partial charge < -0.3 is 25.0 Å². The molecule has 1 saturated heterocycles. The maximum absolute atomic E-state index is 12.6. The van der Waals surface area contributed by atoms with E-state index < -0.39 is 36.0 Å². The molecule has 25 heavy (non-hydrogen) atoms. The van der Waals surface area contributed by atoms with Gasteiger partial charge in [0.15, 0.2) is 5.78 Å². The minimum atomic E-state index is -1.46. The third kappa shape index (κ3) is 3.26. The van der Waals surface area contributed by atoms with Crippen molar-refractivity contribution in [3.8, 4) is 0 Å². The van der Waals surface area contributed by atoms with Gasteiger partial charge in [0.25, 0.3) is 5.91 Å². The van der Waals surface area contributed by atoms with Crippen LogP contribution in [0.25, 0.3) is 0 Å². The summed E-state index contributed by atoms with van der Waals surface area (Å²) in [5, 5.41) is 21.5. The zero-order valence-electron chi connectivity index (χ0n) is 13.6. The third-order valence-corrected chi connectivity index (χ3v) is 4.15. The molecule has 0 aromatic heterocycles. The van der Waals surface area contributed by atoms with Gasteiger partial charge in [0.05, 0.1) is 5.70 Å². The number of nitrogens with one attached hydrogen (secondary N) is 1. The largest absolute Gasteiger partial charge is 0.506 e. The Balaban J connectivity index is 1.86. The standard InChI is InChI=1S/C17H17NO7/c1-17(2,25-16(22)23)9-6-4-3-5-8(9)15(21)18-10-7-11(19)13-14(24-13)12(10)20/h3-7,12-14,20H,1-2H3,(H,18,21)(H,22,23). The average molecular weight is 347 g/mol. The van der Waals surface area contributed by atoms with Crippen molar-refractivity contribution >= 4 is 17.8 Å². The van der Waals surface area contributed by atoms with Crippen LogP contribution in [-0.4, -0.2) is 46.4 Å². The van der Waals surface area contributed by atoms with Gasteiger partial charge >= 0.3 is 6.16 Å². The molecule has 3 rings (SSSR count). The molecular weight excluding hydrogens is 330 g/mol. The predicted octanol–water partition coefficient (Wildman–Crippen LogP) is 0.941. The Hall–Kier alpha value is -2.71. The first kappa shape index (κ1) is 17.1. The van der Waals surface area contributed by atoms with E-state index in [1.807, 2.05) is 0 Å². The molecule has 3 N–H and O–H groups in total. The number of hydrogen-bond donors (Lipinski definition) is 3. The maximum Gasteiger partial charge on any atom is 0.506 e. The molecule has 3 unspecified atom stereocenters. The molecular formula is C17H17NO7. The highest BCUT2D eigenvalue weighted by molar-refractivity contribution is 6.01. The number of carbonyl (C=O) groups excluding carboxylic acids is 2. The molecule has 0 spiro atoms. The first-order chi connectivity index (χ1) is 11.7. The molecule has 1 aliphatic carbocycles. The number of aliphatic hydroxyl groups excluding tert-OH is 1. The highest BCUT2D eigenvalue weighted by Crippen LogP contribution is 2.34. The molecule has 132 valence electrons. The number of benzene rings is 1. The van der Waals surface area contributed by atoms with E-state index in [2.05, 4.69) is 5.32 Å². The van der Waals surface area contributed by atoms with E-state index in [9.17, 15) is 19.5 Å². The number of aliphatic hydroxyl groups is 1. The van der Waals surface area contributed by atoms with Crippen LogP contribution in [0.5, 0.6) is 0 Å². The fourth-order valence-electron chi connectivity index (χ4n) is 2.88. The molecule has 3 atom stereocenters. The fraction of sp³-hybridized carbons (Fsp3) is 0.353. The Morgan fingerprint density at radius 1 is 1.28 bits per heavy atom. The second kappa shape index (κ2) is 5.98. The van der Waals surface area contributed by atoms with E-state index in [1.54, 1.807) is 18.2 Å². The van der Waals surface area contributed by atoms with Crippen LogP contribution in [-0.2, 0) is 19.9 Å². The molecule has 8 nitrogen and oxygen atoms in total. The molecule has 0 bridgehead atoms. The summed E-state index contributed by atoms with van der Waals surface area (Å²) in [6.45, 7) is 3.04. The van der Waals surface area contributed by atoms with Gasteiger partial charge in [-0.25, -0.2) is 4.79 Å². The fourth-order valence-corrected chi connectivity index (χ4v) is 2.88. The van der Waals surface area contributed by atoms with Crippen molar-refractivity contribution in [3.05, 3.63) is 47.2 Å². The highest BCUT2D eigenvalue weighted by Gasteiger charge is 2.53. The number of carbonyl (C=O) groups is 3. The molecule has 1 amide bonds. The zero-order valence-corrected chi connectivity index (χ0v) is 13.6. The molecule has 8 heteroatoms. The Labute approximate surface area is 143 Å². The molecule has 1 fully saturated rings. The summed E-state index contributed by atoms with van der Waals surface area (Å²) in [5.74, 6) is -0.900. The van der Waals surface area contributed by atoms with E-state index in [1.165, 1.54) is 19.9 Å². The number of ether oxygens (including phenoxy) is 2. The van der Waals surface area contributed by atoms with Crippen molar-refractivity contribution in [2.45, 2.75) is 37.8 Å². The van der Waals surface area contributed by atoms with Gasteiger partial charge in [-0.05, 0) is 19.9 Å². The van der Waals surface area contributed by atoms with Gasteiger partial charge in [-0.2, -0.15) is 0 Å². The lowest BCUT2D eigenvalue weighted by molar-refractivity contribution is -0.116. The Morgan fingerprint density at radius 2 is 1.96 bits per heavy atom. The van der Waals surface area contributed by atoms with Crippen LogP contribution in [0.1, 0.15) is 29.8 Å². The lowest BCUT2D eigenvalue weighted by atomic mass is 9.92. The normalized spacial score (nSPS) is 24.8. The minimum Gasteiger partial charge on any atom is -0.450 e. The number of hydrogen-bond acceptors (Lipinski definition) is 6. The van der Waals surface area contributed by atoms with Gasteiger partial charge in [-0.15, -0.1) is 0 Å². The molecule has 1 aromatic carbocycles. The van der Waals surface area contributed by atoms with Crippen LogP contribution in [0.15, 0.2) is 36.0 Å². The van der Waals surface area contributed by atoms with E-state index in [-0.39, 0.29) is 17.0 Å². The van der Waals surface area contributed by atoms with Crippen molar-refractivity contribution in [1.82, 2.24) is 5.32 Å². The van der Waals surface area contributed by atoms with E-state index in [4.69, 9.17) is 14.6 Å². The van der Waals surface area contributed by atoms with E-state index >= 15 is 0 Å². The first-order valence-corrected chi connectivity index (χ1v) is 7.62. The smallest absolute Gasteiger partial charge is 0.450 e. The predicted molar refractivity (Wildman–Crippen MR) is 83.8 cm³/mol. The summed E-state index contributed by atoms with van der Waals surface area (Å²) >= 11 is 0. The van der Waals surface area contributed by atoms with Gasteiger partial charge in [-0.3, -0.25) is 9.59 Å². The van der Waals surface area contributed by atoms with Crippen LogP contribution in [0.3, 0.4) is 0 Å². The molecule has 1 aliphatic heterocycles. The van der Waals surface area contributed by atoms with Crippen molar-refractivity contribution in [2.75, 3.05) is 0 Å². The monoisotopic (exact) mass is 347 g/mol. The van der Waals surface area contributed by atoms with Crippen LogP contribution in [0, 0.1) is 0 Å². The topological polar surface area (TPSA) is 125 Å². The second-order valence-electron chi connectivity index (χ2n) is 6.35. The van der Waals surface area contributed by atoms with E-state index in [0.29, 0.717) is 5.56 Å². The summed E-state index contributed by atoms with van der Waals surface area (Å²) < 4.78 is 9.92. The van der Waals surface area contributed by atoms with Crippen molar-refractivity contribution in [3.63, 3.8) is 0 Å². The second-order valence-corrected chi connectivity index (χ2v) is 6.35. The number of epoxide rings is 1. The van der Waals surface area contributed by atoms with Crippen LogP contribution in [0.4, 0.5) is 4.79 Å². The number of amides is 1. The maximum atomic E-state index is 12.6. The number of carboxylic acid groups (broad SMARTS) is 1. The summed E-state index contributed by atoms with van der Waals surface area (Å²) in [4.78, 5) is 35.2. The quantitative estimate of drug-likeness (QED) is 0.547. The van der Waals surface area contributed by atoms with Crippen molar-refractivity contribution in [1.29, 1.82) is 0 Å². The van der Waals surface area contributed by atoms with Gasteiger partial charge in [0.2, 0.25) is 0 Å². The molecule has 2 aliphatic rings. The van der Waals surface area contributed by atoms with Gasteiger partial charge in [0, 0.05) is 17.2 Å². The molecule has 1 aromatic rings. The van der Waals surface area contributed by atoms with Crippen molar-refractivity contribution < 1.29 is 34.1 Å².